The third-order valence-corrected chi connectivity index (χ3v) is 15.7. The van der Waals surface area contributed by atoms with Gasteiger partial charge in [-0.05, 0) is 64.2 Å². The zero-order valence-corrected chi connectivity index (χ0v) is 51.6. The molecule has 0 rings (SSSR count). The van der Waals surface area contributed by atoms with Gasteiger partial charge in [0.15, 0.2) is 6.10 Å². The number of allylic oxidation sites excluding steroid dienone is 4. The Morgan fingerprint density at radius 2 is 0.461 bits per heavy atom. The van der Waals surface area contributed by atoms with Crippen LogP contribution in [-0.4, -0.2) is 37.2 Å². The van der Waals surface area contributed by atoms with Crippen molar-refractivity contribution in [1.82, 2.24) is 0 Å². The molecule has 0 heterocycles. The lowest BCUT2D eigenvalue weighted by Gasteiger charge is -2.18. The highest BCUT2D eigenvalue weighted by atomic mass is 16.6. The van der Waals surface area contributed by atoms with Crippen LogP contribution in [0.15, 0.2) is 24.3 Å². The molecule has 0 spiro atoms. The van der Waals surface area contributed by atoms with Gasteiger partial charge in [-0.3, -0.25) is 14.4 Å². The smallest absolute Gasteiger partial charge is 0.306 e. The van der Waals surface area contributed by atoms with Crippen molar-refractivity contribution in [2.45, 2.75) is 393 Å². The van der Waals surface area contributed by atoms with E-state index < -0.39 is 6.10 Å². The normalized spacial score (nSPS) is 12.1. The van der Waals surface area contributed by atoms with Crippen LogP contribution < -0.4 is 0 Å². The quantitative estimate of drug-likeness (QED) is 0.0261. The lowest BCUT2D eigenvalue weighted by molar-refractivity contribution is -0.167. The molecule has 0 radical (unpaired) electrons. The zero-order chi connectivity index (χ0) is 55.0. The van der Waals surface area contributed by atoms with Crippen LogP contribution in [-0.2, 0) is 28.6 Å². The van der Waals surface area contributed by atoms with E-state index in [1.165, 1.54) is 276 Å². The lowest BCUT2D eigenvalue weighted by Crippen LogP contribution is -2.30. The summed E-state index contributed by atoms with van der Waals surface area (Å²) in [6.07, 6.45) is 79.4. The van der Waals surface area contributed by atoms with Crippen molar-refractivity contribution >= 4 is 17.9 Å². The van der Waals surface area contributed by atoms with Gasteiger partial charge in [-0.1, -0.05) is 328 Å². The maximum atomic E-state index is 12.9. The molecule has 0 saturated heterocycles. The molecule has 76 heavy (non-hydrogen) atoms. The van der Waals surface area contributed by atoms with Crippen molar-refractivity contribution in [3.05, 3.63) is 24.3 Å². The second-order valence-corrected chi connectivity index (χ2v) is 23.4. The standard InChI is InChI=1S/C70H132O6/c1-4-7-10-13-16-19-22-24-26-28-30-31-32-33-34-35-36-37-38-39-40-41-43-44-46-48-51-54-57-60-63-69(72)75-66-67(65-74-68(71)62-59-56-53-50-21-18-15-12-9-6-3)76-70(73)64-61-58-55-52-49-47-45-42-29-27-25-23-20-17-14-11-8-5-2/h12,15,27,29,67H,4-11,13-14,16-26,28,30-66H2,1-3H3/b15-12-,29-27-. The fourth-order valence-electron chi connectivity index (χ4n) is 10.5. The minimum atomic E-state index is -0.774. The topological polar surface area (TPSA) is 78.9 Å². The second-order valence-electron chi connectivity index (χ2n) is 23.4. The van der Waals surface area contributed by atoms with Crippen LogP contribution in [0.2, 0.25) is 0 Å². The highest BCUT2D eigenvalue weighted by Gasteiger charge is 2.19. The molecule has 6 nitrogen and oxygen atoms in total. The third-order valence-electron chi connectivity index (χ3n) is 15.7. The number of hydrogen-bond donors (Lipinski definition) is 0. The van der Waals surface area contributed by atoms with E-state index in [1.54, 1.807) is 0 Å². The monoisotopic (exact) mass is 1070 g/mol. The van der Waals surface area contributed by atoms with E-state index in [4.69, 9.17) is 14.2 Å². The average Bonchev–Trinajstić information content (AvgIpc) is 3.42. The van der Waals surface area contributed by atoms with Crippen LogP contribution in [0, 0.1) is 0 Å². The van der Waals surface area contributed by atoms with Crippen molar-refractivity contribution in [1.29, 1.82) is 0 Å². The number of esters is 3. The fraction of sp³-hybridized carbons (Fsp3) is 0.900. The van der Waals surface area contributed by atoms with Crippen LogP contribution in [0.5, 0.6) is 0 Å². The van der Waals surface area contributed by atoms with E-state index in [0.717, 1.165) is 70.6 Å². The largest absolute Gasteiger partial charge is 0.462 e. The predicted molar refractivity (Wildman–Crippen MR) is 330 cm³/mol. The molecule has 0 aromatic heterocycles. The summed E-state index contributed by atoms with van der Waals surface area (Å²) in [6, 6.07) is 0. The Morgan fingerprint density at radius 1 is 0.250 bits per heavy atom. The number of carbonyl (C=O) groups excluding carboxylic acids is 3. The molecule has 0 aliphatic rings. The lowest BCUT2D eigenvalue weighted by atomic mass is 10.0. The Hall–Kier alpha value is -2.11. The fourth-order valence-corrected chi connectivity index (χ4v) is 10.5. The van der Waals surface area contributed by atoms with Crippen LogP contribution in [0.1, 0.15) is 387 Å². The molecule has 0 aliphatic heterocycles. The molecule has 0 aliphatic carbocycles. The number of unbranched alkanes of at least 4 members (excludes halogenated alkanes) is 49. The van der Waals surface area contributed by atoms with Crippen molar-refractivity contribution in [3.8, 4) is 0 Å². The first kappa shape index (κ1) is 73.9. The van der Waals surface area contributed by atoms with Crippen LogP contribution in [0.3, 0.4) is 0 Å². The molecule has 6 heteroatoms. The second kappa shape index (κ2) is 65.4. The summed E-state index contributed by atoms with van der Waals surface area (Å²) in [4.78, 5) is 38.2. The highest BCUT2D eigenvalue weighted by molar-refractivity contribution is 5.71. The third kappa shape index (κ3) is 62.7. The molecular weight excluding hydrogens is 937 g/mol. The molecule has 0 aromatic carbocycles. The van der Waals surface area contributed by atoms with Crippen molar-refractivity contribution in [2.75, 3.05) is 13.2 Å². The van der Waals surface area contributed by atoms with Gasteiger partial charge >= 0.3 is 17.9 Å². The number of hydrogen-bond acceptors (Lipinski definition) is 6. The summed E-state index contributed by atoms with van der Waals surface area (Å²) in [7, 11) is 0. The molecule has 1 atom stereocenters. The first-order valence-corrected chi connectivity index (χ1v) is 34.3. The maximum absolute atomic E-state index is 12.9. The number of rotatable bonds is 64. The van der Waals surface area contributed by atoms with Gasteiger partial charge < -0.3 is 14.2 Å². The molecular formula is C70H132O6. The molecule has 448 valence electrons. The summed E-state index contributed by atoms with van der Waals surface area (Å²) in [5, 5.41) is 0. The maximum Gasteiger partial charge on any atom is 0.306 e. The van der Waals surface area contributed by atoms with Gasteiger partial charge in [-0.25, -0.2) is 0 Å². The minimum Gasteiger partial charge on any atom is -0.462 e. The first-order valence-electron chi connectivity index (χ1n) is 34.3. The van der Waals surface area contributed by atoms with E-state index in [9.17, 15) is 14.4 Å². The number of ether oxygens (including phenoxy) is 3. The zero-order valence-electron chi connectivity index (χ0n) is 51.6. The SMILES string of the molecule is CCC/C=C\CCCCCCCC(=O)OCC(COC(=O)CCCCCCCCCCCCCCCCCCCCCCCCCCCCCCCC)OC(=O)CCCCCCCCC/C=C\CCCCCCCCC. The molecule has 0 fully saturated rings. The summed E-state index contributed by atoms with van der Waals surface area (Å²) in [6.45, 7) is 6.63. The molecule has 0 amide bonds. The van der Waals surface area contributed by atoms with Gasteiger partial charge in [0.1, 0.15) is 13.2 Å². The first-order chi connectivity index (χ1) is 37.5. The average molecular weight is 1070 g/mol. The molecule has 0 N–H and O–H groups in total. The summed E-state index contributed by atoms with van der Waals surface area (Å²) < 4.78 is 16.9. The van der Waals surface area contributed by atoms with E-state index in [1.807, 2.05) is 0 Å². The molecule has 0 aromatic rings. The van der Waals surface area contributed by atoms with E-state index >= 15 is 0 Å². The predicted octanol–water partition coefficient (Wildman–Crippen LogP) is 23.4. The van der Waals surface area contributed by atoms with Gasteiger partial charge in [-0.15, -0.1) is 0 Å². The van der Waals surface area contributed by atoms with Crippen LogP contribution >= 0.6 is 0 Å². The summed E-state index contributed by atoms with van der Waals surface area (Å²) in [5.74, 6) is -0.862. The van der Waals surface area contributed by atoms with Crippen molar-refractivity contribution in [2.24, 2.45) is 0 Å². The van der Waals surface area contributed by atoms with Gasteiger partial charge in [0.25, 0.3) is 0 Å². The van der Waals surface area contributed by atoms with Crippen LogP contribution in [0.25, 0.3) is 0 Å². The Labute approximate surface area is 474 Å². The van der Waals surface area contributed by atoms with Crippen molar-refractivity contribution < 1.29 is 28.6 Å². The van der Waals surface area contributed by atoms with Gasteiger partial charge in [0, 0.05) is 19.3 Å². The minimum absolute atomic E-state index is 0.0710. The molecule has 0 bridgehead atoms. The Morgan fingerprint density at radius 3 is 0.711 bits per heavy atom. The van der Waals surface area contributed by atoms with E-state index in [0.29, 0.717) is 19.3 Å². The summed E-state index contributed by atoms with van der Waals surface area (Å²) in [5.41, 5.74) is 0. The number of carbonyl (C=O) groups is 3. The van der Waals surface area contributed by atoms with E-state index in [2.05, 4.69) is 45.1 Å². The molecule has 0 saturated carbocycles. The van der Waals surface area contributed by atoms with Gasteiger partial charge in [-0.2, -0.15) is 0 Å². The van der Waals surface area contributed by atoms with Gasteiger partial charge in [0.05, 0.1) is 0 Å². The Balaban J connectivity index is 4.08. The Kier molecular flexibility index (Phi) is 63.6. The van der Waals surface area contributed by atoms with Gasteiger partial charge in [0.2, 0.25) is 0 Å². The summed E-state index contributed by atoms with van der Waals surface area (Å²) >= 11 is 0. The van der Waals surface area contributed by atoms with Crippen LogP contribution in [0.4, 0.5) is 0 Å². The Bertz CT molecular complexity index is 1230. The van der Waals surface area contributed by atoms with E-state index in [-0.39, 0.29) is 31.1 Å². The molecule has 1 unspecified atom stereocenters. The highest BCUT2D eigenvalue weighted by Crippen LogP contribution is 2.19. The van der Waals surface area contributed by atoms with Crippen molar-refractivity contribution in [3.63, 3.8) is 0 Å².